The fourth-order valence-electron chi connectivity index (χ4n) is 1.20. The van der Waals surface area contributed by atoms with E-state index in [1.807, 2.05) is 0 Å². The maximum atomic E-state index is 12.6. The molecule has 0 aliphatic carbocycles. The van der Waals surface area contributed by atoms with Crippen LogP contribution in [0.5, 0.6) is 0 Å². The Bertz CT molecular complexity index is 465. The van der Waals surface area contributed by atoms with Crippen LogP contribution in [0, 0.1) is 5.41 Å². The second kappa shape index (κ2) is 7.05. The lowest BCUT2D eigenvalue weighted by Gasteiger charge is -2.28. The van der Waals surface area contributed by atoms with E-state index in [4.69, 9.17) is 14.9 Å². The monoisotopic (exact) mass is 341 g/mol. The Morgan fingerprint density at radius 2 is 1.43 bits per heavy atom. The SMILES string of the molecule is CC(C)(C)OC(=O)NC(=N)N(CC(F)(F)F)C(=O)OC(C)(C)C. The maximum Gasteiger partial charge on any atom is 0.417 e. The lowest BCUT2D eigenvalue weighted by molar-refractivity contribution is -0.137. The van der Waals surface area contributed by atoms with E-state index >= 15 is 0 Å². The minimum absolute atomic E-state index is 0.0326. The fraction of sp³-hybridized carbons (Fsp3) is 0.769. The lowest BCUT2D eigenvalue weighted by atomic mass is 10.2. The van der Waals surface area contributed by atoms with Gasteiger partial charge in [-0.2, -0.15) is 13.2 Å². The van der Waals surface area contributed by atoms with Crippen molar-refractivity contribution >= 4 is 18.1 Å². The van der Waals surface area contributed by atoms with E-state index in [0.29, 0.717) is 0 Å². The molecule has 0 bridgehead atoms. The largest absolute Gasteiger partial charge is 0.444 e. The number of carbonyl (C=O) groups is 2. The molecule has 23 heavy (non-hydrogen) atoms. The molecule has 0 radical (unpaired) electrons. The third kappa shape index (κ3) is 10.4. The summed E-state index contributed by atoms with van der Waals surface area (Å²) in [7, 11) is 0. The van der Waals surface area contributed by atoms with Crippen molar-refractivity contribution in [2.45, 2.75) is 58.9 Å². The number of alkyl halides is 3. The summed E-state index contributed by atoms with van der Waals surface area (Å²) in [6.45, 7) is 7.22. The Labute approximate surface area is 132 Å². The van der Waals surface area contributed by atoms with Crippen molar-refractivity contribution in [2.75, 3.05) is 6.54 Å². The molecule has 134 valence electrons. The quantitative estimate of drug-likeness (QED) is 0.566. The molecule has 10 heteroatoms. The molecule has 0 rings (SSSR count). The molecule has 7 nitrogen and oxygen atoms in total. The molecular weight excluding hydrogens is 319 g/mol. The average molecular weight is 341 g/mol. The van der Waals surface area contributed by atoms with E-state index in [1.165, 1.54) is 41.5 Å². The van der Waals surface area contributed by atoms with Crippen molar-refractivity contribution < 1.29 is 32.2 Å². The first-order chi connectivity index (χ1) is 10.0. The van der Waals surface area contributed by atoms with Gasteiger partial charge in [-0.25, -0.2) is 14.5 Å². The summed E-state index contributed by atoms with van der Waals surface area (Å²) < 4.78 is 47.4. The van der Waals surface area contributed by atoms with Crippen molar-refractivity contribution in [1.29, 1.82) is 5.41 Å². The highest BCUT2D eigenvalue weighted by atomic mass is 19.4. The minimum Gasteiger partial charge on any atom is -0.444 e. The van der Waals surface area contributed by atoms with Crippen molar-refractivity contribution in [3.8, 4) is 0 Å². The Morgan fingerprint density at radius 3 is 1.78 bits per heavy atom. The van der Waals surface area contributed by atoms with Crippen LogP contribution in [0.15, 0.2) is 0 Å². The van der Waals surface area contributed by atoms with Gasteiger partial charge in [0.25, 0.3) is 0 Å². The molecule has 2 amide bonds. The lowest BCUT2D eigenvalue weighted by Crippen LogP contribution is -2.52. The number of carbonyl (C=O) groups excluding carboxylic acids is 2. The van der Waals surface area contributed by atoms with Gasteiger partial charge in [0.1, 0.15) is 17.7 Å². The van der Waals surface area contributed by atoms with Crippen molar-refractivity contribution in [3.05, 3.63) is 0 Å². The van der Waals surface area contributed by atoms with Gasteiger partial charge >= 0.3 is 18.4 Å². The maximum absolute atomic E-state index is 12.6. The molecule has 0 atom stereocenters. The standard InChI is InChI=1S/C13H22F3N3O4/c1-11(2,3)22-9(20)18-8(17)19(7-13(14,15)16)10(21)23-12(4,5)6/h7H2,1-6H3,(H2,17,18,20). The minimum atomic E-state index is -4.78. The normalized spacial score (nSPS) is 12.4. The van der Waals surface area contributed by atoms with E-state index in [0.717, 1.165) is 0 Å². The highest BCUT2D eigenvalue weighted by Gasteiger charge is 2.38. The van der Waals surface area contributed by atoms with Crippen LogP contribution in [0.1, 0.15) is 41.5 Å². The third-order valence-corrected chi connectivity index (χ3v) is 1.84. The van der Waals surface area contributed by atoms with Gasteiger partial charge in [0.05, 0.1) is 0 Å². The highest BCUT2D eigenvalue weighted by Crippen LogP contribution is 2.19. The van der Waals surface area contributed by atoms with E-state index in [1.54, 1.807) is 5.32 Å². The van der Waals surface area contributed by atoms with E-state index in [9.17, 15) is 22.8 Å². The number of ether oxygens (including phenoxy) is 2. The van der Waals surface area contributed by atoms with Gasteiger partial charge in [0.2, 0.25) is 5.96 Å². The van der Waals surface area contributed by atoms with Crippen molar-refractivity contribution in [2.24, 2.45) is 0 Å². The first kappa shape index (κ1) is 21.0. The van der Waals surface area contributed by atoms with Crippen LogP contribution in [-0.2, 0) is 9.47 Å². The van der Waals surface area contributed by atoms with E-state index in [-0.39, 0.29) is 4.90 Å². The van der Waals surface area contributed by atoms with Crippen LogP contribution in [0.25, 0.3) is 0 Å². The molecule has 0 aliphatic heterocycles. The molecule has 0 spiro atoms. The zero-order chi connectivity index (χ0) is 18.6. The van der Waals surface area contributed by atoms with Crippen LogP contribution in [0.4, 0.5) is 22.8 Å². The Balaban J connectivity index is 5.10. The second-order valence-corrected chi connectivity index (χ2v) is 6.66. The van der Waals surface area contributed by atoms with Crippen molar-refractivity contribution in [3.63, 3.8) is 0 Å². The number of guanidine groups is 1. The number of nitrogens with zero attached hydrogens (tertiary/aromatic N) is 1. The number of alkyl carbamates (subject to hydrolysis) is 1. The summed E-state index contributed by atoms with van der Waals surface area (Å²) in [4.78, 5) is 23.3. The summed E-state index contributed by atoms with van der Waals surface area (Å²) in [5.74, 6) is -1.09. The van der Waals surface area contributed by atoms with E-state index in [2.05, 4.69) is 0 Å². The molecule has 0 saturated carbocycles. The summed E-state index contributed by atoms with van der Waals surface area (Å²) >= 11 is 0. The summed E-state index contributed by atoms with van der Waals surface area (Å²) in [5, 5.41) is 9.29. The van der Waals surface area contributed by atoms with Crippen LogP contribution in [0.2, 0.25) is 0 Å². The van der Waals surface area contributed by atoms with E-state index < -0.39 is 42.1 Å². The molecule has 2 N–H and O–H groups in total. The number of rotatable bonds is 1. The molecule has 0 aromatic carbocycles. The average Bonchev–Trinajstić information content (AvgIpc) is 2.18. The van der Waals surface area contributed by atoms with Gasteiger partial charge in [0, 0.05) is 0 Å². The van der Waals surface area contributed by atoms with Crippen LogP contribution in [-0.4, -0.2) is 47.0 Å². The third-order valence-electron chi connectivity index (χ3n) is 1.84. The summed E-state index contributed by atoms with van der Waals surface area (Å²) in [5.41, 5.74) is -1.97. The number of hydrogen-bond acceptors (Lipinski definition) is 5. The molecule has 0 aliphatic rings. The highest BCUT2D eigenvalue weighted by molar-refractivity contribution is 5.99. The van der Waals surface area contributed by atoms with Gasteiger partial charge in [-0.1, -0.05) is 0 Å². The Hall–Kier alpha value is -2.00. The predicted molar refractivity (Wildman–Crippen MR) is 76.1 cm³/mol. The van der Waals surface area contributed by atoms with Gasteiger partial charge in [0.15, 0.2) is 0 Å². The van der Waals surface area contributed by atoms with Crippen LogP contribution in [0.3, 0.4) is 0 Å². The van der Waals surface area contributed by atoms with Gasteiger partial charge in [-0.3, -0.25) is 10.7 Å². The van der Waals surface area contributed by atoms with Crippen LogP contribution < -0.4 is 5.32 Å². The van der Waals surface area contributed by atoms with Crippen molar-refractivity contribution in [1.82, 2.24) is 10.2 Å². The molecule has 0 heterocycles. The van der Waals surface area contributed by atoms with Gasteiger partial charge in [-0.05, 0) is 41.5 Å². The number of hydrogen-bond donors (Lipinski definition) is 2. The topological polar surface area (TPSA) is 91.7 Å². The zero-order valence-electron chi connectivity index (χ0n) is 13.9. The Kier molecular flexibility index (Phi) is 6.44. The molecular formula is C13H22F3N3O4. The molecule has 0 fully saturated rings. The zero-order valence-corrected chi connectivity index (χ0v) is 13.9. The molecule has 0 unspecified atom stereocenters. The molecule has 0 aromatic heterocycles. The summed E-state index contributed by atoms with van der Waals surface area (Å²) in [6.07, 6.45) is -7.34. The first-order valence-corrected chi connectivity index (χ1v) is 6.66. The molecule has 0 aromatic rings. The number of nitrogens with one attached hydrogen (secondary N) is 2. The smallest absolute Gasteiger partial charge is 0.417 e. The van der Waals surface area contributed by atoms with Gasteiger partial charge in [-0.15, -0.1) is 0 Å². The number of halogens is 3. The summed E-state index contributed by atoms with van der Waals surface area (Å²) in [6, 6.07) is 0. The Morgan fingerprint density at radius 1 is 1.00 bits per heavy atom. The van der Waals surface area contributed by atoms with Gasteiger partial charge < -0.3 is 9.47 Å². The number of amides is 2. The second-order valence-electron chi connectivity index (χ2n) is 6.66. The fourth-order valence-corrected chi connectivity index (χ4v) is 1.20. The predicted octanol–water partition coefficient (Wildman–Crippen LogP) is 3.25. The first-order valence-electron chi connectivity index (χ1n) is 6.66. The molecule has 0 saturated heterocycles. The van der Waals surface area contributed by atoms with Crippen LogP contribution >= 0.6 is 0 Å².